The summed E-state index contributed by atoms with van der Waals surface area (Å²) in [5, 5.41) is 10.8. The molecule has 1 fully saturated rings. The number of nitrogens with zero attached hydrogens (tertiary/aromatic N) is 2. The topological polar surface area (TPSA) is 89.5 Å². The molecule has 0 saturated carbocycles. The maximum Gasteiger partial charge on any atom is 0.272 e. The number of hydrogen-bond acceptors (Lipinski definition) is 4. The van der Waals surface area contributed by atoms with Gasteiger partial charge in [-0.25, -0.2) is 0 Å². The van der Waals surface area contributed by atoms with Gasteiger partial charge in [-0.15, -0.1) is 0 Å². The number of nitrogens with two attached hydrogens (primary N) is 1. The molecule has 18 heavy (non-hydrogen) atoms. The molecule has 1 aliphatic rings. The van der Waals surface area contributed by atoms with E-state index < -0.39 is 4.92 Å². The smallest absolute Gasteiger partial charge is 0.272 e. The summed E-state index contributed by atoms with van der Waals surface area (Å²) in [6, 6.07) is 4.79. The summed E-state index contributed by atoms with van der Waals surface area (Å²) in [5.74, 6) is 0.00778. The molecule has 1 aromatic carbocycles. The van der Waals surface area contributed by atoms with Gasteiger partial charge in [-0.2, -0.15) is 0 Å². The number of benzene rings is 1. The molecule has 0 aliphatic carbocycles. The number of carbonyl (C=O) groups excluding carboxylic acids is 1. The van der Waals surface area contributed by atoms with E-state index in [9.17, 15) is 14.9 Å². The predicted molar refractivity (Wildman–Crippen MR) is 65.8 cm³/mol. The summed E-state index contributed by atoms with van der Waals surface area (Å²) < 4.78 is 0. The second-order valence-corrected chi connectivity index (χ2v) is 4.56. The lowest BCUT2D eigenvalue weighted by atomic mass is 10.1. The summed E-state index contributed by atoms with van der Waals surface area (Å²) in [5.41, 5.74) is 7.21. The van der Waals surface area contributed by atoms with Crippen molar-refractivity contribution in [2.45, 2.75) is 25.9 Å². The van der Waals surface area contributed by atoms with Gasteiger partial charge in [0, 0.05) is 37.2 Å². The van der Waals surface area contributed by atoms with Crippen LogP contribution >= 0.6 is 0 Å². The molecule has 1 heterocycles. The normalized spacial score (nSPS) is 19.3. The van der Waals surface area contributed by atoms with Crippen molar-refractivity contribution in [3.05, 3.63) is 39.4 Å². The van der Waals surface area contributed by atoms with Gasteiger partial charge in [0.2, 0.25) is 5.91 Å². The van der Waals surface area contributed by atoms with E-state index in [1.807, 2.05) is 0 Å². The van der Waals surface area contributed by atoms with Crippen LogP contribution in [0.2, 0.25) is 0 Å². The second kappa shape index (κ2) is 4.73. The molecule has 0 spiro atoms. The molecule has 1 unspecified atom stereocenters. The molecule has 0 radical (unpaired) electrons. The van der Waals surface area contributed by atoms with E-state index in [0.717, 1.165) is 5.56 Å². The van der Waals surface area contributed by atoms with E-state index in [1.165, 1.54) is 6.07 Å². The minimum atomic E-state index is -0.406. The summed E-state index contributed by atoms with van der Waals surface area (Å²) in [4.78, 5) is 23.7. The highest BCUT2D eigenvalue weighted by molar-refractivity contribution is 5.79. The molecule has 6 heteroatoms. The van der Waals surface area contributed by atoms with Crippen LogP contribution in [0.1, 0.15) is 17.5 Å². The van der Waals surface area contributed by atoms with Crippen LogP contribution in [0.15, 0.2) is 18.2 Å². The summed E-state index contributed by atoms with van der Waals surface area (Å²) in [6.07, 6.45) is 0.355. The number of amides is 1. The molecule has 96 valence electrons. The van der Waals surface area contributed by atoms with E-state index in [2.05, 4.69) is 0 Å². The number of rotatable bonds is 3. The molecule has 1 atom stereocenters. The van der Waals surface area contributed by atoms with Crippen LogP contribution < -0.4 is 5.73 Å². The Kier molecular flexibility index (Phi) is 3.29. The van der Waals surface area contributed by atoms with E-state index in [0.29, 0.717) is 25.1 Å². The van der Waals surface area contributed by atoms with Crippen molar-refractivity contribution in [2.75, 3.05) is 6.54 Å². The number of likely N-dealkylation sites (tertiary alicyclic amines) is 1. The average Bonchev–Trinajstić information content (AvgIpc) is 2.60. The molecule has 1 aromatic rings. The predicted octanol–water partition coefficient (Wildman–Crippen LogP) is 0.963. The van der Waals surface area contributed by atoms with Gasteiger partial charge in [0.1, 0.15) is 0 Å². The molecule has 0 bridgehead atoms. The fourth-order valence-corrected chi connectivity index (χ4v) is 2.20. The van der Waals surface area contributed by atoms with Gasteiger partial charge < -0.3 is 10.6 Å². The third kappa shape index (κ3) is 2.33. The Labute approximate surface area is 105 Å². The van der Waals surface area contributed by atoms with Crippen molar-refractivity contribution in [3.63, 3.8) is 0 Å². The monoisotopic (exact) mass is 249 g/mol. The third-order valence-corrected chi connectivity index (χ3v) is 3.22. The SMILES string of the molecule is Cc1c(CN2CC(N)CC2=O)cccc1[N+](=O)[O-]. The van der Waals surface area contributed by atoms with Crippen LogP contribution in [0.3, 0.4) is 0 Å². The lowest BCUT2D eigenvalue weighted by molar-refractivity contribution is -0.385. The summed E-state index contributed by atoms with van der Waals surface area (Å²) in [7, 11) is 0. The van der Waals surface area contributed by atoms with Crippen LogP contribution in [0.4, 0.5) is 5.69 Å². The second-order valence-electron chi connectivity index (χ2n) is 4.56. The first-order chi connectivity index (χ1) is 8.49. The van der Waals surface area contributed by atoms with Gasteiger partial charge in [0.15, 0.2) is 0 Å². The molecular formula is C12H15N3O3. The first-order valence-electron chi connectivity index (χ1n) is 5.75. The van der Waals surface area contributed by atoms with Crippen molar-refractivity contribution in [2.24, 2.45) is 5.73 Å². The fraction of sp³-hybridized carbons (Fsp3) is 0.417. The lowest BCUT2D eigenvalue weighted by Crippen LogP contribution is -2.28. The number of hydrogen-bond donors (Lipinski definition) is 1. The van der Waals surface area contributed by atoms with Gasteiger partial charge in [-0.1, -0.05) is 12.1 Å². The molecule has 2 N–H and O–H groups in total. The van der Waals surface area contributed by atoms with Crippen LogP contribution in [0, 0.1) is 17.0 Å². The van der Waals surface area contributed by atoms with Crippen LogP contribution in [0.5, 0.6) is 0 Å². The van der Waals surface area contributed by atoms with E-state index >= 15 is 0 Å². The third-order valence-electron chi connectivity index (χ3n) is 3.22. The van der Waals surface area contributed by atoms with Crippen molar-refractivity contribution in [3.8, 4) is 0 Å². The number of carbonyl (C=O) groups is 1. The van der Waals surface area contributed by atoms with Gasteiger partial charge in [0.25, 0.3) is 5.69 Å². The molecule has 2 rings (SSSR count). The Bertz CT molecular complexity index is 501. The summed E-state index contributed by atoms with van der Waals surface area (Å²) >= 11 is 0. The zero-order chi connectivity index (χ0) is 13.3. The van der Waals surface area contributed by atoms with E-state index in [1.54, 1.807) is 24.0 Å². The molecule has 0 aromatic heterocycles. The Hall–Kier alpha value is -1.95. The van der Waals surface area contributed by atoms with Gasteiger partial charge in [-0.3, -0.25) is 14.9 Å². The van der Waals surface area contributed by atoms with Crippen molar-refractivity contribution < 1.29 is 9.72 Å². The van der Waals surface area contributed by atoms with E-state index in [4.69, 9.17) is 5.73 Å². The van der Waals surface area contributed by atoms with Crippen molar-refractivity contribution >= 4 is 11.6 Å². The summed E-state index contributed by atoms with van der Waals surface area (Å²) in [6.45, 7) is 2.61. The largest absolute Gasteiger partial charge is 0.337 e. The van der Waals surface area contributed by atoms with Crippen molar-refractivity contribution in [1.29, 1.82) is 0 Å². The zero-order valence-electron chi connectivity index (χ0n) is 10.1. The van der Waals surface area contributed by atoms with Gasteiger partial charge in [-0.05, 0) is 12.5 Å². The fourth-order valence-electron chi connectivity index (χ4n) is 2.20. The van der Waals surface area contributed by atoms with Gasteiger partial charge in [0.05, 0.1) is 4.92 Å². The average molecular weight is 249 g/mol. The van der Waals surface area contributed by atoms with Gasteiger partial charge >= 0.3 is 0 Å². The maximum atomic E-state index is 11.6. The Morgan fingerprint density at radius 3 is 2.83 bits per heavy atom. The maximum absolute atomic E-state index is 11.6. The quantitative estimate of drug-likeness (QED) is 0.638. The first kappa shape index (κ1) is 12.5. The highest BCUT2D eigenvalue weighted by atomic mass is 16.6. The standard InChI is InChI=1S/C12H15N3O3/c1-8-9(3-2-4-11(8)15(17)18)6-14-7-10(13)5-12(14)16/h2-4,10H,5-7,13H2,1H3. The number of nitro benzene ring substituents is 1. The minimum Gasteiger partial charge on any atom is -0.337 e. The molecule has 1 aliphatic heterocycles. The zero-order valence-corrected chi connectivity index (χ0v) is 10.1. The van der Waals surface area contributed by atoms with Crippen LogP contribution in [-0.4, -0.2) is 28.3 Å². The molecule has 1 saturated heterocycles. The Balaban J connectivity index is 2.22. The Morgan fingerprint density at radius 2 is 2.28 bits per heavy atom. The first-order valence-corrected chi connectivity index (χ1v) is 5.75. The van der Waals surface area contributed by atoms with Crippen LogP contribution in [-0.2, 0) is 11.3 Å². The molecule has 6 nitrogen and oxygen atoms in total. The number of nitro groups is 1. The van der Waals surface area contributed by atoms with Crippen molar-refractivity contribution in [1.82, 2.24) is 4.90 Å². The molecular weight excluding hydrogens is 234 g/mol. The van der Waals surface area contributed by atoms with Crippen LogP contribution in [0.25, 0.3) is 0 Å². The Morgan fingerprint density at radius 1 is 1.56 bits per heavy atom. The highest BCUT2D eigenvalue weighted by Crippen LogP contribution is 2.23. The van der Waals surface area contributed by atoms with E-state index in [-0.39, 0.29) is 17.6 Å². The highest BCUT2D eigenvalue weighted by Gasteiger charge is 2.27. The lowest BCUT2D eigenvalue weighted by Gasteiger charge is -2.17. The minimum absolute atomic E-state index is 0.00778. The molecule has 1 amide bonds.